The maximum absolute atomic E-state index is 9.88. The first-order valence-electron chi connectivity index (χ1n) is 1.99. The van der Waals surface area contributed by atoms with Gasteiger partial charge in [-0.2, -0.15) is 0 Å². The summed E-state index contributed by atoms with van der Waals surface area (Å²) >= 11 is 0. The molecule has 0 radical (unpaired) electrons. The number of carboxylic acid groups (broad SMARTS) is 1. The molecule has 4 nitrogen and oxygen atoms in total. The fourth-order valence-corrected chi connectivity index (χ4v) is 0.176. The molecule has 0 aliphatic heterocycles. The lowest BCUT2D eigenvalue weighted by atomic mass is 10.4. The van der Waals surface area contributed by atoms with E-state index < -0.39 is 5.97 Å². The zero-order valence-electron chi connectivity index (χ0n) is 4.71. The largest absolute Gasteiger partial charge is 0.477 e. The van der Waals surface area contributed by atoms with Crippen molar-refractivity contribution in [2.45, 2.75) is 6.92 Å². The second kappa shape index (κ2) is 3.01. The Morgan fingerprint density at radius 1 is 1.75 bits per heavy atom. The van der Waals surface area contributed by atoms with E-state index in [4.69, 9.17) is 5.11 Å². The van der Waals surface area contributed by atoms with Gasteiger partial charge >= 0.3 is 5.97 Å². The van der Waals surface area contributed by atoms with Crippen molar-refractivity contribution in [1.29, 1.82) is 0 Å². The zero-order valence-corrected chi connectivity index (χ0v) is 4.71. The van der Waals surface area contributed by atoms with E-state index in [1.807, 2.05) is 0 Å². The maximum Gasteiger partial charge on any atom is 0.353 e. The maximum atomic E-state index is 9.88. The van der Waals surface area contributed by atoms with Gasteiger partial charge < -0.3 is 9.94 Å². The van der Waals surface area contributed by atoms with Gasteiger partial charge in [0.1, 0.15) is 7.11 Å². The van der Waals surface area contributed by atoms with E-state index >= 15 is 0 Å². The van der Waals surface area contributed by atoms with Crippen molar-refractivity contribution < 1.29 is 14.7 Å². The number of carboxylic acids is 1. The van der Waals surface area contributed by atoms with Crippen LogP contribution in [0.25, 0.3) is 0 Å². The topological polar surface area (TPSA) is 58.9 Å². The number of hydrogen-bond acceptors (Lipinski definition) is 3. The van der Waals surface area contributed by atoms with Crippen molar-refractivity contribution in [3.63, 3.8) is 0 Å². The Morgan fingerprint density at radius 3 is 2.38 bits per heavy atom. The van der Waals surface area contributed by atoms with Gasteiger partial charge in [0.25, 0.3) is 0 Å². The molecule has 0 aliphatic rings. The summed E-state index contributed by atoms with van der Waals surface area (Å²) in [5, 5.41) is 11.2. The molecular weight excluding hydrogens is 110 g/mol. The molecule has 0 spiro atoms. The predicted molar refractivity (Wildman–Crippen MR) is 27.8 cm³/mol. The van der Waals surface area contributed by atoms with Crippen LogP contribution in [0.15, 0.2) is 5.16 Å². The Bertz CT molecular complexity index is 118. The number of oxime groups is 1. The lowest BCUT2D eigenvalue weighted by Crippen LogP contribution is -2.07. The molecule has 0 aromatic rings. The summed E-state index contributed by atoms with van der Waals surface area (Å²) in [5.41, 5.74) is -0.0486. The molecule has 0 fully saturated rings. The van der Waals surface area contributed by atoms with Crippen LogP contribution in [-0.2, 0) is 9.63 Å². The van der Waals surface area contributed by atoms with Crippen molar-refractivity contribution in [3.8, 4) is 0 Å². The Morgan fingerprint density at radius 2 is 2.25 bits per heavy atom. The minimum absolute atomic E-state index is 0.0486. The average molecular weight is 117 g/mol. The summed E-state index contributed by atoms with van der Waals surface area (Å²) in [5.74, 6) is -1.06. The molecule has 0 bridgehead atoms. The number of rotatable bonds is 2. The van der Waals surface area contributed by atoms with Crippen LogP contribution in [0.1, 0.15) is 6.92 Å². The highest BCUT2D eigenvalue weighted by Crippen LogP contribution is 1.75. The third kappa shape index (κ3) is 2.17. The molecule has 0 aromatic heterocycles. The summed E-state index contributed by atoms with van der Waals surface area (Å²) in [6, 6.07) is 0. The smallest absolute Gasteiger partial charge is 0.353 e. The van der Waals surface area contributed by atoms with Crippen LogP contribution in [0.4, 0.5) is 0 Å². The van der Waals surface area contributed by atoms with Crippen LogP contribution >= 0.6 is 0 Å². The molecule has 0 amide bonds. The second-order valence-corrected chi connectivity index (χ2v) is 1.16. The molecule has 0 aliphatic carbocycles. The fourth-order valence-electron chi connectivity index (χ4n) is 0.176. The van der Waals surface area contributed by atoms with Crippen LogP contribution in [0, 0.1) is 0 Å². The first-order valence-corrected chi connectivity index (χ1v) is 1.99. The highest BCUT2D eigenvalue weighted by Gasteiger charge is 1.99. The number of nitrogens with zero attached hydrogens (tertiary/aromatic N) is 1. The SMILES string of the molecule is CO/N=C(\C)C(=O)O. The quantitative estimate of drug-likeness (QED) is 0.412. The van der Waals surface area contributed by atoms with E-state index in [9.17, 15) is 4.79 Å². The Kier molecular flexibility index (Phi) is 2.61. The molecular formula is C4H7NO3. The molecule has 1 N–H and O–H groups in total. The van der Waals surface area contributed by atoms with Crippen LogP contribution in [-0.4, -0.2) is 23.9 Å². The lowest BCUT2D eigenvalue weighted by molar-refractivity contribution is -0.129. The summed E-state index contributed by atoms with van der Waals surface area (Å²) in [4.78, 5) is 14.1. The first-order chi connectivity index (χ1) is 3.68. The molecule has 8 heavy (non-hydrogen) atoms. The van der Waals surface area contributed by atoms with Crippen LogP contribution in [0.3, 0.4) is 0 Å². The van der Waals surface area contributed by atoms with Gasteiger partial charge in [-0.1, -0.05) is 5.16 Å². The van der Waals surface area contributed by atoms with Gasteiger partial charge in [-0.15, -0.1) is 0 Å². The Hall–Kier alpha value is -1.06. The number of hydrogen-bond donors (Lipinski definition) is 1. The molecule has 4 heteroatoms. The third-order valence-electron chi connectivity index (χ3n) is 0.538. The molecule has 0 rings (SSSR count). The van der Waals surface area contributed by atoms with Gasteiger partial charge in [-0.3, -0.25) is 0 Å². The van der Waals surface area contributed by atoms with Crippen molar-refractivity contribution in [3.05, 3.63) is 0 Å². The molecule has 0 aromatic carbocycles. The highest BCUT2D eigenvalue weighted by molar-refractivity contribution is 6.34. The van der Waals surface area contributed by atoms with Gasteiger partial charge in [-0.05, 0) is 6.92 Å². The van der Waals surface area contributed by atoms with E-state index in [1.54, 1.807) is 0 Å². The van der Waals surface area contributed by atoms with E-state index in [0.29, 0.717) is 0 Å². The van der Waals surface area contributed by atoms with Crippen molar-refractivity contribution in [1.82, 2.24) is 0 Å². The summed E-state index contributed by atoms with van der Waals surface area (Å²) in [7, 11) is 1.30. The van der Waals surface area contributed by atoms with Crippen molar-refractivity contribution in [2.24, 2.45) is 5.16 Å². The highest BCUT2D eigenvalue weighted by atomic mass is 16.6. The van der Waals surface area contributed by atoms with Gasteiger partial charge in [0.15, 0.2) is 5.71 Å². The predicted octanol–water partition coefficient (Wildman–Crippen LogP) is 0.0933. The number of aliphatic carboxylic acids is 1. The molecule has 0 heterocycles. The Labute approximate surface area is 46.8 Å². The standard InChI is InChI=1S/C4H7NO3/c1-3(4(6)7)5-8-2/h1-2H3,(H,6,7)/b5-3+. The van der Waals surface area contributed by atoms with E-state index in [2.05, 4.69) is 9.99 Å². The fraction of sp³-hybridized carbons (Fsp3) is 0.500. The Balaban J connectivity index is 3.80. The second-order valence-electron chi connectivity index (χ2n) is 1.16. The molecule has 46 valence electrons. The summed E-state index contributed by atoms with van der Waals surface area (Å²) < 4.78 is 0. The monoisotopic (exact) mass is 117 g/mol. The van der Waals surface area contributed by atoms with Crippen LogP contribution < -0.4 is 0 Å². The minimum Gasteiger partial charge on any atom is -0.477 e. The lowest BCUT2D eigenvalue weighted by Gasteiger charge is -1.87. The van der Waals surface area contributed by atoms with Gasteiger partial charge in [0.05, 0.1) is 0 Å². The molecule has 0 atom stereocenters. The summed E-state index contributed by atoms with van der Waals surface area (Å²) in [6.07, 6.45) is 0. The van der Waals surface area contributed by atoms with Gasteiger partial charge in [-0.25, -0.2) is 4.79 Å². The van der Waals surface area contributed by atoms with Crippen molar-refractivity contribution >= 4 is 11.7 Å². The molecule has 0 saturated carbocycles. The first kappa shape index (κ1) is 6.94. The molecule has 0 saturated heterocycles. The van der Waals surface area contributed by atoms with E-state index in [1.165, 1.54) is 14.0 Å². The van der Waals surface area contributed by atoms with E-state index in [0.717, 1.165) is 0 Å². The average Bonchev–Trinajstić information content (AvgIpc) is 1.67. The van der Waals surface area contributed by atoms with Gasteiger partial charge in [0.2, 0.25) is 0 Å². The van der Waals surface area contributed by atoms with Crippen LogP contribution in [0.2, 0.25) is 0 Å². The molecule has 0 unspecified atom stereocenters. The van der Waals surface area contributed by atoms with E-state index in [-0.39, 0.29) is 5.71 Å². The number of carbonyl (C=O) groups is 1. The third-order valence-corrected chi connectivity index (χ3v) is 0.538. The van der Waals surface area contributed by atoms with Crippen LogP contribution in [0.5, 0.6) is 0 Å². The van der Waals surface area contributed by atoms with Crippen molar-refractivity contribution in [2.75, 3.05) is 7.11 Å². The summed E-state index contributed by atoms with van der Waals surface area (Å²) in [6.45, 7) is 1.35. The normalized spacial score (nSPS) is 11.0. The minimum atomic E-state index is -1.06. The zero-order chi connectivity index (χ0) is 6.57. The van der Waals surface area contributed by atoms with Gasteiger partial charge in [0, 0.05) is 0 Å².